The van der Waals surface area contributed by atoms with Crippen LogP contribution in [0.5, 0.6) is 0 Å². The second-order valence-electron chi connectivity index (χ2n) is 4.95. The Morgan fingerprint density at radius 1 is 1.33 bits per heavy atom. The fourth-order valence-corrected chi connectivity index (χ4v) is 1.87. The summed E-state index contributed by atoms with van der Waals surface area (Å²) < 4.78 is 37.2. The number of nitrogens with zero attached hydrogens (tertiary/aromatic N) is 2. The summed E-state index contributed by atoms with van der Waals surface area (Å²) in [6, 6.07) is 1.73. The number of carboxylic acid groups (broad SMARTS) is 1. The lowest BCUT2D eigenvalue weighted by Gasteiger charge is -2.20. The predicted molar refractivity (Wildman–Crippen MR) is 65.5 cm³/mol. The van der Waals surface area contributed by atoms with Crippen LogP contribution in [0.3, 0.4) is 0 Å². The number of rotatable bonds is 5. The smallest absolute Gasteiger partial charge is 0.433 e. The van der Waals surface area contributed by atoms with Crippen molar-refractivity contribution < 1.29 is 27.9 Å². The highest BCUT2D eigenvalue weighted by molar-refractivity contribution is 5.95. The van der Waals surface area contributed by atoms with Gasteiger partial charge in [-0.15, -0.1) is 0 Å². The molecule has 1 amide bonds. The first kappa shape index (κ1) is 15.3. The van der Waals surface area contributed by atoms with Crippen LogP contribution >= 0.6 is 0 Å². The number of carboxylic acids is 1. The van der Waals surface area contributed by atoms with Crippen molar-refractivity contribution in [2.45, 2.75) is 19.0 Å². The van der Waals surface area contributed by atoms with E-state index in [4.69, 9.17) is 5.11 Å². The Morgan fingerprint density at radius 3 is 2.43 bits per heavy atom. The first-order valence-corrected chi connectivity index (χ1v) is 6.31. The molecular weight excluding hydrogens is 289 g/mol. The van der Waals surface area contributed by atoms with Crippen molar-refractivity contribution in [3.8, 4) is 0 Å². The van der Waals surface area contributed by atoms with Crippen LogP contribution < -0.4 is 0 Å². The number of aromatic nitrogens is 1. The normalized spacial score (nSPS) is 14.8. The molecule has 5 nitrogen and oxygen atoms in total. The highest BCUT2D eigenvalue weighted by atomic mass is 19.4. The van der Waals surface area contributed by atoms with E-state index in [-0.39, 0.29) is 11.5 Å². The summed E-state index contributed by atoms with van der Waals surface area (Å²) in [5, 5.41) is 8.81. The summed E-state index contributed by atoms with van der Waals surface area (Å²) in [4.78, 5) is 27.3. The van der Waals surface area contributed by atoms with Crippen LogP contribution in [0.1, 0.15) is 28.9 Å². The Kier molecular flexibility index (Phi) is 4.15. The molecule has 1 aliphatic rings. The third-order valence-electron chi connectivity index (χ3n) is 3.09. The number of hydrogen-bond acceptors (Lipinski definition) is 3. The van der Waals surface area contributed by atoms with Gasteiger partial charge < -0.3 is 10.0 Å². The van der Waals surface area contributed by atoms with Crippen LogP contribution in [0.2, 0.25) is 0 Å². The van der Waals surface area contributed by atoms with Crippen LogP contribution in [-0.2, 0) is 11.0 Å². The summed E-state index contributed by atoms with van der Waals surface area (Å²) in [7, 11) is 0. The first-order valence-electron chi connectivity index (χ1n) is 6.31. The zero-order chi connectivity index (χ0) is 15.6. The highest BCUT2D eigenvalue weighted by Gasteiger charge is 2.33. The van der Waals surface area contributed by atoms with Crippen molar-refractivity contribution in [3.05, 3.63) is 29.6 Å². The molecule has 8 heteroatoms. The highest BCUT2D eigenvalue weighted by Crippen LogP contribution is 2.30. The molecule has 0 aliphatic heterocycles. The van der Waals surface area contributed by atoms with Gasteiger partial charge in [-0.3, -0.25) is 14.6 Å². The van der Waals surface area contributed by atoms with Crippen LogP contribution in [0.15, 0.2) is 18.3 Å². The van der Waals surface area contributed by atoms with Gasteiger partial charge in [0.25, 0.3) is 5.91 Å². The first-order chi connectivity index (χ1) is 9.77. The van der Waals surface area contributed by atoms with Gasteiger partial charge in [-0.1, -0.05) is 0 Å². The van der Waals surface area contributed by atoms with Crippen molar-refractivity contribution in [1.29, 1.82) is 0 Å². The second-order valence-corrected chi connectivity index (χ2v) is 4.95. The van der Waals surface area contributed by atoms with Gasteiger partial charge in [0.05, 0.1) is 5.56 Å². The third kappa shape index (κ3) is 4.17. The minimum absolute atomic E-state index is 0.0510. The molecule has 0 bridgehead atoms. The summed E-state index contributed by atoms with van der Waals surface area (Å²) in [5.41, 5.74) is -1.14. The molecule has 1 saturated carbocycles. The topological polar surface area (TPSA) is 70.5 Å². The molecule has 114 valence electrons. The molecule has 1 heterocycles. The standard InChI is InChI=1S/C13H13F3N2O3/c14-13(15,16)10-4-3-9(5-17-10)12(21)18(7-11(19)20)6-8-1-2-8/h3-5,8H,1-2,6-7H2,(H,19,20). The predicted octanol–water partition coefficient (Wildman–Crippen LogP) is 2.04. The van der Waals surface area contributed by atoms with Crippen LogP contribution in [-0.4, -0.2) is 40.0 Å². The van der Waals surface area contributed by atoms with Gasteiger partial charge in [-0.05, 0) is 30.9 Å². The van der Waals surface area contributed by atoms with Gasteiger partial charge in [0.2, 0.25) is 0 Å². The third-order valence-corrected chi connectivity index (χ3v) is 3.09. The molecule has 0 radical (unpaired) electrons. The molecule has 1 aliphatic carbocycles. The molecule has 0 atom stereocenters. The van der Waals surface area contributed by atoms with E-state index in [2.05, 4.69) is 4.98 Å². The molecule has 0 unspecified atom stereocenters. The van der Waals surface area contributed by atoms with Crippen LogP contribution in [0, 0.1) is 5.92 Å². The second kappa shape index (κ2) is 5.71. The van der Waals surface area contributed by atoms with Gasteiger partial charge in [0.15, 0.2) is 0 Å². The summed E-state index contributed by atoms with van der Waals surface area (Å²) in [5.74, 6) is -1.51. The SMILES string of the molecule is O=C(O)CN(CC1CC1)C(=O)c1ccc(C(F)(F)F)nc1. The number of halogens is 3. The molecule has 1 aromatic heterocycles. The molecule has 1 fully saturated rings. The quantitative estimate of drug-likeness (QED) is 0.903. The average molecular weight is 302 g/mol. The van der Waals surface area contributed by atoms with Gasteiger partial charge >= 0.3 is 12.1 Å². The lowest BCUT2D eigenvalue weighted by Crippen LogP contribution is -2.37. The molecule has 2 rings (SSSR count). The largest absolute Gasteiger partial charge is 0.480 e. The lowest BCUT2D eigenvalue weighted by atomic mass is 10.2. The number of aliphatic carboxylic acids is 1. The van der Waals surface area contributed by atoms with E-state index in [0.717, 1.165) is 30.0 Å². The molecular formula is C13H13F3N2O3. The average Bonchev–Trinajstić information content (AvgIpc) is 3.20. The number of amides is 1. The van der Waals surface area contributed by atoms with Gasteiger partial charge in [0, 0.05) is 12.7 Å². The van der Waals surface area contributed by atoms with E-state index in [1.165, 1.54) is 0 Å². The lowest BCUT2D eigenvalue weighted by molar-refractivity contribution is -0.141. The zero-order valence-corrected chi connectivity index (χ0v) is 10.9. The van der Waals surface area contributed by atoms with E-state index in [1.807, 2.05) is 0 Å². The van der Waals surface area contributed by atoms with Gasteiger partial charge in [0.1, 0.15) is 12.2 Å². The maximum atomic E-state index is 12.4. The number of hydrogen-bond donors (Lipinski definition) is 1. The number of carbonyl (C=O) groups is 2. The maximum absolute atomic E-state index is 12.4. The van der Waals surface area contributed by atoms with E-state index in [1.54, 1.807) is 0 Å². The van der Waals surface area contributed by atoms with Crippen molar-refractivity contribution in [3.63, 3.8) is 0 Å². The van der Waals surface area contributed by atoms with Crippen molar-refractivity contribution in [1.82, 2.24) is 9.88 Å². The zero-order valence-electron chi connectivity index (χ0n) is 10.9. The molecule has 21 heavy (non-hydrogen) atoms. The minimum Gasteiger partial charge on any atom is -0.480 e. The Bertz CT molecular complexity index is 539. The van der Waals surface area contributed by atoms with E-state index in [0.29, 0.717) is 12.6 Å². The summed E-state index contributed by atoms with van der Waals surface area (Å²) in [6.45, 7) is -0.178. The summed E-state index contributed by atoms with van der Waals surface area (Å²) in [6.07, 6.45) is -1.90. The van der Waals surface area contributed by atoms with Crippen LogP contribution in [0.25, 0.3) is 0 Å². The number of carbonyl (C=O) groups excluding carboxylic acids is 1. The number of alkyl halides is 3. The van der Waals surface area contributed by atoms with Crippen molar-refractivity contribution in [2.24, 2.45) is 5.92 Å². The molecule has 1 aromatic rings. The fraction of sp³-hybridized carbons (Fsp3) is 0.462. The Balaban J connectivity index is 2.13. The van der Waals surface area contributed by atoms with Gasteiger partial charge in [-0.25, -0.2) is 0 Å². The van der Waals surface area contributed by atoms with E-state index >= 15 is 0 Å². The maximum Gasteiger partial charge on any atom is 0.433 e. The molecule has 0 spiro atoms. The Morgan fingerprint density at radius 2 is 2.00 bits per heavy atom. The Hall–Kier alpha value is -2.12. The Labute approximate surface area is 118 Å². The van der Waals surface area contributed by atoms with Crippen molar-refractivity contribution in [2.75, 3.05) is 13.1 Å². The molecule has 0 aromatic carbocycles. The molecule has 1 N–H and O–H groups in total. The van der Waals surface area contributed by atoms with E-state index < -0.39 is 30.3 Å². The molecule has 0 saturated heterocycles. The van der Waals surface area contributed by atoms with Crippen LogP contribution in [0.4, 0.5) is 13.2 Å². The minimum atomic E-state index is -4.57. The number of pyridine rings is 1. The summed E-state index contributed by atoms with van der Waals surface area (Å²) >= 11 is 0. The van der Waals surface area contributed by atoms with Crippen molar-refractivity contribution >= 4 is 11.9 Å². The monoisotopic (exact) mass is 302 g/mol. The van der Waals surface area contributed by atoms with E-state index in [9.17, 15) is 22.8 Å². The fourth-order valence-electron chi connectivity index (χ4n) is 1.87. The van der Waals surface area contributed by atoms with Gasteiger partial charge in [-0.2, -0.15) is 13.2 Å².